The summed E-state index contributed by atoms with van der Waals surface area (Å²) >= 11 is 12.3. The van der Waals surface area contributed by atoms with Gasteiger partial charge in [-0.15, -0.1) is 0 Å². The molecular weight excluding hydrogens is 319 g/mol. The monoisotopic (exact) mass is 328 g/mol. The molecule has 4 aromatic rings. The van der Waals surface area contributed by atoms with Gasteiger partial charge in [-0.25, -0.2) is 9.97 Å². The number of hydrogen-bond acceptors (Lipinski definition) is 3. The maximum absolute atomic E-state index is 6.21. The van der Waals surface area contributed by atoms with Crippen molar-refractivity contribution in [1.82, 2.24) is 14.4 Å². The summed E-state index contributed by atoms with van der Waals surface area (Å²) in [5.41, 5.74) is 3.39. The highest BCUT2D eigenvalue weighted by Crippen LogP contribution is 2.29. The molecule has 2 aromatic carbocycles. The van der Waals surface area contributed by atoms with Gasteiger partial charge in [-0.1, -0.05) is 35.3 Å². The molecule has 0 amide bonds. The summed E-state index contributed by atoms with van der Waals surface area (Å²) in [6, 6.07) is 13.1. The van der Waals surface area contributed by atoms with Crippen molar-refractivity contribution in [2.75, 3.05) is 5.32 Å². The summed E-state index contributed by atoms with van der Waals surface area (Å²) in [5.74, 6) is 0.681. The number of fused-ring (bicyclic) bond motifs is 3. The average molecular weight is 329 g/mol. The molecule has 2 heterocycles. The zero-order valence-corrected chi connectivity index (χ0v) is 12.8. The fourth-order valence-electron chi connectivity index (χ4n) is 2.41. The summed E-state index contributed by atoms with van der Waals surface area (Å²) in [6.45, 7) is 0. The van der Waals surface area contributed by atoms with Crippen LogP contribution in [0.15, 0.2) is 55.0 Å². The number of para-hydroxylation sites is 1. The third kappa shape index (κ3) is 2.17. The Balaban J connectivity index is 1.95. The van der Waals surface area contributed by atoms with Crippen LogP contribution in [-0.2, 0) is 0 Å². The molecule has 0 aliphatic rings. The molecule has 2 aromatic heterocycles. The first-order valence-electron chi connectivity index (χ1n) is 6.65. The number of anilines is 2. The Hall–Kier alpha value is -2.30. The first kappa shape index (κ1) is 13.4. The zero-order chi connectivity index (χ0) is 15.1. The minimum Gasteiger partial charge on any atom is -0.337 e. The van der Waals surface area contributed by atoms with Crippen LogP contribution in [0.2, 0.25) is 10.0 Å². The molecule has 0 aliphatic carbocycles. The van der Waals surface area contributed by atoms with E-state index in [0.29, 0.717) is 15.9 Å². The molecule has 0 saturated carbocycles. The molecule has 4 nitrogen and oxygen atoms in total. The van der Waals surface area contributed by atoms with Crippen molar-refractivity contribution >= 4 is 51.3 Å². The summed E-state index contributed by atoms with van der Waals surface area (Å²) in [5, 5.41) is 4.54. The molecule has 0 atom stereocenters. The summed E-state index contributed by atoms with van der Waals surface area (Å²) in [7, 11) is 0. The van der Waals surface area contributed by atoms with Crippen LogP contribution in [0.4, 0.5) is 11.5 Å². The van der Waals surface area contributed by atoms with E-state index < -0.39 is 0 Å². The Morgan fingerprint density at radius 2 is 1.86 bits per heavy atom. The Morgan fingerprint density at radius 3 is 2.73 bits per heavy atom. The summed E-state index contributed by atoms with van der Waals surface area (Å²) in [4.78, 5) is 8.87. The lowest BCUT2D eigenvalue weighted by Gasteiger charge is -2.11. The molecular formula is C16H10Cl2N4. The van der Waals surface area contributed by atoms with Gasteiger partial charge in [0.25, 0.3) is 0 Å². The number of aromatic nitrogens is 3. The third-order valence-corrected chi connectivity index (χ3v) is 4.00. The third-order valence-electron chi connectivity index (χ3n) is 3.44. The van der Waals surface area contributed by atoms with Crippen LogP contribution in [-0.4, -0.2) is 14.4 Å². The van der Waals surface area contributed by atoms with E-state index in [1.54, 1.807) is 12.5 Å². The number of imidazole rings is 1. The highest BCUT2D eigenvalue weighted by atomic mass is 35.5. The average Bonchev–Trinajstić information content (AvgIpc) is 2.99. The lowest BCUT2D eigenvalue weighted by Crippen LogP contribution is -1.99. The van der Waals surface area contributed by atoms with Gasteiger partial charge < -0.3 is 5.32 Å². The van der Waals surface area contributed by atoms with Crippen LogP contribution in [0.25, 0.3) is 16.6 Å². The number of halogens is 2. The molecule has 0 radical (unpaired) electrons. The normalized spacial score (nSPS) is 11.2. The molecule has 6 heteroatoms. The van der Waals surface area contributed by atoms with E-state index in [1.807, 2.05) is 46.9 Å². The van der Waals surface area contributed by atoms with Crippen LogP contribution >= 0.6 is 23.2 Å². The van der Waals surface area contributed by atoms with Crippen molar-refractivity contribution in [1.29, 1.82) is 0 Å². The van der Waals surface area contributed by atoms with Gasteiger partial charge in [-0.3, -0.25) is 4.40 Å². The van der Waals surface area contributed by atoms with E-state index in [9.17, 15) is 0 Å². The molecule has 0 unspecified atom stereocenters. The molecule has 0 aliphatic heterocycles. The van der Waals surface area contributed by atoms with E-state index in [4.69, 9.17) is 23.2 Å². The quantitative estimate of drug-likeness (QED) is 0.567. The Bertz CT molecular complexity index is 994. The number of hydrogen-bond donors (Lipinski definition) is 1. The van der Waals surface area contributed by atoms with Gasteiger partial charge in [0.15, 0.2) is 5.82 Å². The van der Waals surface area contributed by atoms with Gasteiger partial charge in [0, 0.05) is 5.02 Å². The first-order chi connectivity index (χ1) is 10.7. The van der Waals surface area contributed by atoms with Crippen LogP contribution in [0, 0.1) is 0 Å². The minimum atomic E-state index is 0.633. The lowest BCUT2D eigenvalue weighted by atomic mass is 10.3. The Labute approximate surface area is 136 Å². The fraction of sp³-hybridized carbons (Fsp3) is 0. The van der Waals surface area contributed by atoms with Crippen molar-refractivity contribution in [3.63, 3.8) is 0 Å². The van der Waals surface area contributed by atoms with Crippen molar-refractivity contribution in [3.8, 4) is 0 Å². The minimum absolute atomic E-state index is 0.633. The number of nitrogens with zero attached hydrogens (tertiary/aromatic N) is 3. The highest BCUT2D eigenvalue weighted by Gasteiger charge is 2.10. The summed E-state index contributed by atoms with van der Waals surface area (Å²) < 4.78 is 1.97. The van der Waals surface area contributed by atoms with E-state index in [-0.39, 0.29) is 0 Å². The maximum Gasteiger partial charge on any atom is 0.157 e. The van der Waals surface area contributed by atoms with E-state index in [1.165, 1.54) is 0 Å². The van der Waals surface area contributed by atoms with Crippen molar-refractivity contribution in [3.05, 3.63) is 65.0 Å². The second-order valence-electron chi connectivity index (χ2n) is 4.85. The largest absolute Gasteiger partial charge is 0.337 e. The topological polar surface area (TPSA) is 42.2 Å². The van der Waals surface area contributed by atoms with Crippen molar-refractivity contribution in [2.24, 2.45) is 0 Å². The molecule has 4 rings (SSSR count). The van der Waals surface area contributed by atoms with E-state index >= 15 is 0 Å². The fourth-order valence-corrected chi connectivity index (χ4v) is 2.76. The zero-order valence-electron chi connectivity index (χ0n) is 11.3. The smallest absolute Gasteiger partial charge is 0.157 e. The van der Waals surface area contributed by atoms with Gasteiger partial charge in [0.2, 0.25) is 0 Å². The van der Waals surface area contributed by atoms with Crippen molar-refractivity contribution < 1.29 is 0 Å². The van der Waals surface area contributed by atoms with Gasteiger partial charge in [-0.05, 0) is 30.3 Å². The van der Waals surface area contributed by atoms with Crippen LogP contribution in [0.5, 0.6) is 0 Å². The second-order valence-corrected chi connectivity index (χ2v) is 5.69. The predicted octanol–water partition coefficient (Wildman–Crippen LogP) is 4.93. The number of nitrogens with one attached hydrogen (secondary N) is 1. The van der Waals surface area contributed by atoms with Gasteiger partial charge in [0.1, 0.15) is 5.52 Å². The molecule has 22 heavy (non-hydrogen) atoms. The van der Waals surface area contributed by atoms with Crippen molar-refractivity contribution in [2.45, 2.75) is 0 Å². The van der Waals surface area contributed by atoms with Crippen LogP contribution in [0.3, 0.4) is 0 Å². The molecule has 0 fully saturated rings. The Morgan fingerprint density at radius 1 is 1.00 bits per heavy atom. The number of rotatable bonds is 2. The van der Waals surface area contributed by atoms with E-state index in [2.05, 4.69) is 15.3 Å². The van der Waals surface area contributed by atoms with E-state index in [0.717, 1.165) is 22.2 Å². The first-order valence-corrected chi connectivity index (χ1v) is 7.41. The Kier molecular flexibility index (Phi) is 3.13. The van der Waals surface area contributed by atoms with Crippen LogP contribution < -0.4 is 5.32 Å². The predicted molar refractivity (Wildman–Crippen MR) is 90.2 cm³/mol. The SMILES string of the molecule is Clc1ccc2c(c1)nc(Nc1ccccc1Cl)c1cncn12. The van der Waals surface area contributed by atoms with Gasteiger partial charge >= 0.3 is 0 Å². The molecule has 0 saturated heterocycles. The summed E-state index contributed by atoms with van der Waals surface area (Å²) in [6.07, 6.45) is 3.52. The second kappa shape index (κ2) is 5.16. The number of benzene rings is 2. The molecule has 108 valence electrons. The van der Waals surface area contributed by atoms with Crippen LogP contribution in [0.1, 0.15) is 0 Å². The molecule has 1 N–H and O–H groups in total. The maximum atomic E-state index is 6.21. The molecule has 0 bridgehead atoms. The van der Waals surface area contributed by atoms with Gasteiger partial charge in [-0.2, -0.15) is 0 Å². The molecule has 0 spiro atoms. The highest BCUT2D eigenvalue weighted by molar-refractivity contribution is 6.33. The van der Waals surface area contributed by atoms with Gasteiger partial charge in [0.05, 0.1) is 34.3 Å². The lowest BCUT2D eigenvalue weighted by molar-refractivity contribution is 1.19. The standard InChI is InChI=1S/C16H10Cl2N4/c17-10-5-6-14-13(7-10)21-16(15-8-19-9-22(14)15)20-12-4-2-1-3-11(12)18/h1-9H,(H,20,21).